The van der Waals surface area contributed by atoms with Crippen molar-refractivity contribution in [2.45, 2.75) is 68.9 Å². The molecule has 0 aromatic rings. The molecule has 1 aliphatic carbocycles. The van der Waals surface area contributed by atoms with Gasteiger partial charge in [0.05, 0.1) is 19.3 Å². The van der Waals surface area contributed by atoms with Crippen LogP contribution in [0.2, 0.25) is 0 Å². The zero-order valence-corrected chi connectivity index (χ0v) is 14.0. The number of aliphatic hydroxyl groups is 3. The molecule has 0 spiro atoms. The topological polar surface area (TPSA) is 122 Å². The van der Waals surface area contributed by atoms with Crippen LogP contribution >= 0.6 is 0 Å². The first-order chi connectivity index (χ1) is 12.2. The van der Waals surface area contributed by atoms with Gasteiger partial charge in [-0.25, -0.2) is 9.98 Å². The zero-order chi connectivity index (χ0) is 17.4. The number of rotatable bonds is 4. The van der Waals surface area contributed by atoms with Crippen molar-refractivity contribution in [3.05, 3.63) is 11.5 Å². The van der Waals surface area contributed by atoms with E-state index in [1.807, 2.05) is 0 Å². The third-order valence-corrected chi connectivity index (χ3v) is 5.31. The quantitative estimate of drug-likeness (QED) is 0.432. The van der Waals surface area contributed by atoms with Gasteiger partial charge >= 0.3 is 0 Å². The van der Waals surface area contributed by atoms with Gasteiger partial charge in [-0.3, -0.25) is 0 Å². The average Bonchev–Trinajstić information content (AvgIpc) is 3.18. The molecule has 0 bridgehead atoms. The van der Waals surface area contributed by atoms with Gasteiger partial charge in [0, 0.05) is 6.04 Å². The second kappa shape index (κ2) is 6.91. The Bertz CT molecular complexity index is 589. The van der Waals surface area contributed by atoms with E-state index in [0.717, 1.165) is 24.4 Å². The van der Waals surface area contributed by atoms with Crippen LogP contribution in [0.4, 0.5) is 0 Å². The molecule has 138 valence electrons. The van der Waals surface area contributed by atoms with Gasteiger partial charge in [-0.2, -0.15) is 0 Å². The minimum absolute atomic E-state index is 0.326. The van der Waals surface area contributed by atoms with E-state index >= 15 is 0 Å². The lowest BCUT2D eigenvalue weighted by molar-refractivity contribution is -0.0770. The first-order valence-corrected chi connectivity index (χ1v) is 8.92. The van der Waals surface area contributed by atoms with E-state index in [9.17, 15) is 15.3 Å². The standard InChI is InChI=1S/C16H25N5O4/c22-6-10-12(23)13(24)16(25-10)21-8-19-11-14(17-7-18-15(11)21)20-9-4-2-1-3-5-9/h7-10,12-13,15-16,20,22-24H,1-6H2,(H,17,18)/t10-,12-,13-,15?,16-/m1/s1. The van der Waals surface area contributed by atoms with E-state index in [-0.39, 0.29) is 12.8 Å². The highest BCUT2D eigenvalue weighted by molar-refractivity contribution is 5.69. The Morgan fingerprint density at radius 3 is 2.72 bits per heavy atom. The molecule has 1 saturated carbocycles. The molecule has 0 amide bonds. The number of aliphatic hydroxyl groups excluding tert-OH is 3. The first-order valence-electron chi connectivity index (χ1n) is 8.92. The van der Waals surface area contributed by atoms with Gasteiger partial charge in [0.15, 0.2) is 18.2 Å². The highest BCUT2D eigenvalue weighted by Gasteiger charge is 2.48. The van der Waals surface area contributed by atoms with Gasteiger partial charge in [-0.05, 0) is 12.8 Å². The molecule has 5 N–H and O–H groups in total. The summed E-state index contributed by atoms with van der Waals surface area (Å²) in [6, 6.07) is 0.408. The lowest BCUT2D eigenvalue weighted by Crippen LogP contribution is -2.53. The molecule has 0 aromatic carbocycles. The third-order valence-electron chi connectivity index (χ3n) is 5.31. The van der Waals surface area contributed by atoms with Crippen LogP contribution in [0.15, 0.2) is 21.5 Å². The molecule has 3 aliphatic heterocycles. The minimum atomic E-state index is -1.13. The predicted octanol–water partition coefficient (Wildman–Crippen LogP) is -1.18. The minimum Gasteiger partial charge on any atom is -0.394 e. The number of fused-ring (bicyclic) bond motifs is 1. The maximum Gasteiger partial charge on any atom is 0.162 e. The van der Waals surface area contributed by atoms with Crippen LogP contribution in [0.5, 0.6) is 0 Å². The molecule has 0 aromatic heterocycles. The van der Waals surface area contributed by atoms with E-state index in [2.05, 4.69) is 20.6 Å². The molecular formula is C16H25N5O4. The van der Waals surface area contributed by atoms with E-state index in [1.54, 1.807) is 17.6 Å². The molecule has 1 saturated heterocycles. The molecule has 3 heterocycles. The number of hydrogen-bond donors (Lipinski definition) is 5. The predicted molar refractivity (Wildman–Crippen MR) is 90.5 cm³/mol. The van der Waals surface area contributed by atoms with Gasteiger partial charge in [0.1, 0.15) is 24.0 Å². The average molecular weight is 351 g/mol. The van der Waals surface area contributed by atoms with Gasteiger partial charge in [0.25, 0.3) is 0 Å². The van der Waals surface area contributed by atoms with Crippen LogP contribution < -0.4 is 10.6 Å². The van der Waals surface area contributed by atoms with Gasteiger partial charge in [-0.1, -0.05) is 19.3 Å². The van der Waals surface area contributed by atoms with Crippen molar-refractivity contribution in [1.82, 2.24) is 15.5 Å². The Morgan fingerprint density at radius 2 is 2.00 bits per heavy atom. The van der Waals surface area contributed by atoms with Crippen molar-refractivity contribution in [3.63, 3.8) is 0 Å². The second-order valence-electron chi connectivity index (χ2n) is 6.96. The fourth-order valence-corrected chi connectivity index (χ4v) is 3.89. The molecule has 1 unspecified atom stereocenters. The molecule has 4 aliphatic rings. The smallest absolute Gasteiger partial charge is 0.162 e. The van der Waals surface area contributed by atoms with Crippen molar-refractivity contribution < 1.29 is 20.1 Å². The van der Waals surface area contributed by atoms with Crippen molar-refractivity contribution in [2.24, 2.45) is 9.98 Å². The summed E-state index contributed by atoms with van der Waals surface area (Å²) >= 11 is 0. The summed E-state index contributed by atoms with van der Waals surface area (Å²) < 4.78 is 5.61. The number of nitrogens with zero attached hydrogens (tertiary/aromatic N) is 3. The second-order valence-corrected chi connectivity index (χ2v) is 6.96. The molecule has 2 fully saturated rings. The van der Waals surface area contributed by atoms with Crippen LogP contribution in [0.1, 0.15) is 32.1 Å². The maximum atomic E-state index is 10.3. The Morgan fingerprint density at radius 1 is 1.20 bits per heavy atom. The van der Waals surface area contributed by atoms with Crippen LogP contribution in [0.25, 0.3) is 0 Å². The maximum absolute atomic E-state index is 10.3. The van der Waals surface area contributed by atoms with Crippen LogP contribution in [-0.4, -0.2) is 76.3 Å². The fourth-order valence-electron chi connectivity index (χ4n) is 3.89. The van der Waals surface area contributed by atoms with Crippen LogP contribution in [-0.2, 0) is 4.74 Å². The largest absolute Gasteiger partial charge is 0.394 e. The van der Waals surface area contributed by atoms with E-state index in [1.165, 1.54) is 19.3 Å². The highest BCUT2D eigenvalue weighted by Crippen LogP contribution is 2.30. The van der Waals surface area contributed by atoms with E-state index in [4.69, 9.17) is 4.74 Å². The molecule has 25 heavy (non-hydrogen) atoms. The van der Waals surface area contributed by atoms with Gasteiger partial charge in [0.2, 0.25) is 0 Å². The van der Waals surface area contributed by atoms with Crippen molar-refractivity contribution in [2.75, 3.05) is 6.61 Å². The van der Waals surface area contributed by atoms with Gasteiger partial charge in [-0.15, -0.1) is 0 Å². The van der Waals surface area contributed by atoms with Crippen molar-refractivity contribution in [1.29, 1.82) is 0 Å². The molecule has 9 nitrogen and oxygen atoms in total. The van der Waals surface area contributed by atoms with Crippen molar-refractivity contribution in [3.8, 4) is 0 Å². The summed E-state index contributed by atoms with van der Waals surface area (Å²) in [5, 5.41) is 36.1. The number of hydrogen-bond acceptors (Lipinski definition) is 9. The number of nitrogens with one attached hydrogen (secondary N) is 2. The Hall–Kier alpha value is -1.68. The lowest BCUT2D eigenvalue weighted by Gasteiger charge is -2.33. The van der Waals surface area contributed by atoms with Crippen molar-refractivity contribution >= 4 is 12.7 Å². The monoisotopic (exact) mass is 351 g/mol. The van der Waals surface area contributed by atoms with E-state index < -0.39 is 24.5 Å². The first kappa shape index (κ1) is 16.8. The summed E-state index contributed by atoms with van der Waals surface area (Å²) in [5.41, 5.74) is 0.741. The van der Waals surface area contributed by atoms with Gasteiger partial charge < -0.3 is 35.6 Å². The molecule has 4 rings (SSSR count). The number of ether oxygens (including phenoxy) is 1. The molecule has 5 atom stereocenters. The Balaban J connectivity index is 1.50. The third kappa shape index (κ3) is 3.01. The SMILES string of the molecule is OC[C@H]1O[C@@H](N2C=NC3=C(NC4CCCCC4)N=CNC32)[C@H](O)[C@@H]1O. The summed E-state index contributed by atoms with van der Waals surface area (Å²) in [6.07, 6.45) is 5.03. The Kier molecular flexibility index (Phi) is 4.63. The fraction of sp³-hybridized carbons (Fsp3) is 0.750. The normalized spacial score (nSPS) is 38.2. The van der Waals surface area contributed by atoms with Crippen LogP contribution in [0, 0.1) is 0 Å². The lowest BCUT2D eigenvalue weighted by atomic mass is 9.95. The molecule has 0 radical (unpaired) electrons. The molecule has 9 heteroatoms. The summed E-state index contributed by atoms with van der Waals surface area (Å²) in [4.78, 5) is 10.6. The summed E-state index contributed by atoms with van der Waals surface area (Å²) in [6.45, 7) is -0.351. The summed E-state index contributed by atoms with van der Waals surface area (Å²) in [5.74, 6) is 0.737. The molecular weight excluding hydrogens is 326 g/mol. The Labute approximate surface area is 146 Å². The van der Waals surface area contributed by atoms with E-state index in [0.29, 0.717) is 6.04 Å². The number of aliphatic imine (C=N–C) groups is 2. The summed E-state index contributed by atoms with van der Waals surface area (Å²) in [7, 11) is 0. The zero-order valence-electron chi connectivity index (χ0n) is 14.0. The highest BCUT2D eigenvalue weighted by atomic mass is 16.6. The van der Waals surface area contributed by atoms with Crippen LogP contribution in [0.3, 0.4) is 0 Å².